The van der Waals surface area contributed by atoms with E-state index in [1.165, 1.54) is 11.8 Å². The molecule has 2 aromatic carbocycles. The molecule has 0 amide bonds. The molecular weight excluding hydrogens is 598 g/mol. The molecule has 1 aromatic heterocycles. The first-order chi connectivity index (χ1) is 21.2. The second kappa shape index (κ2) is 14.4. The average molecular weight is 636 g/mol. The number of nitrogens with zero attached hydrogens (tertiary/aromatic N) is 3. The van der Waals surface area contributed by atoms with Crippen molar-refractivity contribution in [2.45, 2.75) is 43.3 Å². The van der Waals surface area contributed by atoms with Crippen LogP contribution in [0.15, 0.2) is 41.4 Å². The summed E-state index contributed by atoms with van der Waals surface area (Å²) in [7, 11) is 1.56. The van der Waals surface area contributed by atoms with Gasteiger partial charge in [0.15, 0.2) is 17.5 Å². The van der Waals surface area contributed by atoms with Gasteiger partial charge in [-0.15, -0.1) is 11.8 Å². The van der Waals surface area contributed by atoms with E-state index in [2.05, 4.69) is 14.8 Å². The van der Waals surface area contributed by atoms with Crippen molar-refractivity contribution in [1.82, 2.24) is 14.8 Å². The normalized spacial score (nSPS) is 18.4. The van der Waals surface area contributed by atoms with E-state index in [9.17, 15) is 23.1 Å². The molecule has 1 N–H and O–H groups in total. The Morgan fingerprint density at radius 3 is 2.45 bits per heavy atom. The summed E-state index contributed by atoms with van der Waals surface area (Å²) < 4.78 is 67.6. The van der Waals surface area contributed by atoms with Crippen LogP contribution in [0.25, 0.3) is 10.9 Å². The van der Waals surface area contributed by atoms with Crippen LogP contribution in [0.3, 0.4) is 0 Å². The lowest BCUT2D eigenvalue weighted by molar-refractivity contribution is -0.153. The number of carboxylic acid groups (broad SMARTS) is 1. The molecule has 2 saturated heterocycles. The largest absolute Gasteiger partial charge is 0.497 e. The van der Waals surface area contributed by atoms with Crippen LogP contribution in [-0.2, 0) is 16.1 Å². The third-order valence-electron chi connectivity index (χ3n) is 8.79. The lowest BCUT2D eigenvalue weighted by Crippen LogP contribution is -2.45. The first kappa shape index (κ1) is 32.5. The topological polar surface area (TPSA) is 75.1 Å². The number of fused-ring (bicyclic) bond motifs is 1. The van der Waals surface area contributed by atoms with Crippen LogP contribution >= 0.6 is 11.8 Å². The third kappa shape index (κ3) is 7.47. The van der Waals surface area contributed by atoms with E-state index in [1.54, 1.807) is 31.5 Å². The van der Waals surface area contributed by atoms with Gasteiger partial charge in [0.1, 0.15) is 11.9 Å². The van der Waals surface area contributed by atoms with Gasteiger partial charge in [-0.3, -0.25) is 14.7 Å². The lowest BCUT2D eigenvalue weighted by Gasteiger charge is -2.39. The number of carboxylic acids is 1. The number of aliphatic carboxylic acids is 1. The highest BCUT2D eigenvalue weighted by Crippen LogP contribution is 2.42. The molecule has 0 unspecified atom stereocenters. The molecule has 1 atom stereocenters. The van der Waals surface area contributed by atoms with Crippen molar-refractivity contribution in [2.75, 3.05) is 58.8 Å². The molecule has 2 fully saturated rings. The van der Waals surface area contributed by atoms with Crippen molar-refractivity contribution in [3.8, 4) is 5.75 Å². The number of rotatable bonds is 12. The zero-order valence-corrected chi connectivity index (χ0v) is 25.5. The first-order valence-electron chi connectivity index (χ1n) is 14.8. The average Bonchev–Trinajstić information content (AvgIpc) is 3.03. The van der Waals surface area contributed by atoms with E-state index in [4.69, 9.17) is 9.47 Å². The lowest BCUT2D eigenvalue weighted by atomic mass is 9.74. The molecule has 2 aliphatic heterocycles. The van der Waals surface area contributed by atoms with Crippen LogP contribution in [0.1, 0.15) is 43.0 Å². The Bertz CT molecular complexity index is 1440. The van der Waals surface area contributed by atoms with Crippen molar-refractivity contribution >= 4 is 28.6 Å². The van der Waals surface area contributed by atoms with Crippen LogP contribution in [0.2, 0.25) is 0 Å². The maximum Gasteiger partial charge on any atom is 0.309 e. The van der Waals surface area contributed by atoms with Crippen molar-refractivity contribution in [3.63, 3.8) is 0 Å². The highest BCUT2D eigenvalue weighted by Gasteiger charge is 2.42. The number of carbonyl (C=O) groups is 1. The summed E-state index contributed by atoms with van der Waals surface area (Å²) in [6, 6.07) is 7.33. The second-order valence-electron chi connectivity index (χ2n) is 11.5. The fourth-order valence-corrected chi connectivity index (χ4v) is 7.05. The number of hydrogen-bond acceptors (Lipinski definition) is 7. The molecule has 2 aliphatic rings. The standard InChI is InChI=1S/C32H37F4N3O4S/c1-42-22-2-3-28-24(16-22)29(21(19-37-28)20-39-10-13-43-14-11-39)25(33)4-5-32(31(40)41)6-8-38(9-7-32)12-15-44-23-17-26(34)30(36)27(35)18-23/h2-3,16-19,25H,4-15,20H2,1H3,(H,40,41)/t25-/m0/s1. The summed E-state index contributed by atoms with van der Waals surface area (Å²) in [5.74, 6) is -3.77. The number of morpholine rings is 1. The van der Waals surface area contributed by atoms with Gasteiger partial charge in [-0.2, -0.15) is 0 Å². The summed E-state index contributed by atoms with van der Waals surface area (Å²) in [6.07, 6.45) is 1.30. The number of benzene rings is 2. The van der Waals surface area contributed by atoms with Gasteiger partial charge in [0.2, 0.25) is 0 Å². The highest BCUT2D eigenvalue weighted by atomic mass is 32.2. The molecular formula is C32H37F4N3O4S. The monoisotopic (exact) mass is 635 g/mol. The molecule has 0 aliphatic carbocycles. The Labute approximate surface area is 258 Å². The summed E-state index contributed by atoms with van der Waals surface area (Å²) in [6.45, 7) is 4.81. The Hall–Kier alpha value is -2.93. The third-order valence-corrected chi connectivity index (χ3v) is 9.74. The molecule has 3 aromatic rings. The van der Waals surface area contributed by atoms with E-state index in [0.717, 1.165) is 30.8 Å². The molecule has 0 radical (unpaired) electrons. The number of ether oxygens (including phenoxy) is 2. The molecule has 0 saturated carbocycles. The molecule has 44 heavy (non-hydrogen) atoms. The van der Waals surface area contributed by atoms with Crippen LogP contribution < -0.4 is 4.74 Å². The number of alkyl halides is 1. The van der Waals surface area contributed by atoms with E-state index in [1.807, 2.05) is 0 Å². The van der Waals surface area contributed by atoms with Crippen LogP contribution in [0, 0.1) is 22.9 Å². The Morgan fingerprint density at radius 1 is 1.09 bits per heavy atom. The van der Waals surface area contributed by atoms with Crippen molar-refractivity contribution in [2.24, 2.45) is 5.41 Å². The summed E-state index contributed by atoms with van der Waals surface area (Å²) >= 11 is 1.21. The van der Waals surface area contributed by atoms with Gasteiger partial charge < -0.3 is 19.5 Å². The van der Waals surface area contributed by atoms with Crippen molar-refractivity contribution in [1.29, 1.82) is 0 Å². The quantitative estimate of drug-likeness (QED) is 0.142. The number of methoxy groups -OCH3 is 1. The minimum Gasteiger partial charge on any atom is -0.497 e. The number of piperidine rings is 1. The Balaban J connectivity index is 1.25. The molecule has 5 rings (SSSR count). The van der Waals surface area contributed by atoms with Crippen LogP contribution in [-0.4, -0.2) is 84.7 Å². The highest BCUT2D eigenvalue weighted by molar-refractivity contribution is 7.99. The molecule has 7 nitrogen and oxygen atoms in total. The fraction of sp³-hybridized carbons (Fsp3) is 0.500. The molecule has 0 spiro atoms. The fourth-order valence-electron chi connectivity index (χ4n) is 6.09. The Kier molecular flexibility index (Phi) is 10.7. The minimum atomic E-state index is -1.49. The SMILES string of the molecule is COc1ccc2ncc(CN3CCOCC3)c([C@@H](F)CCC3(C(=O)O)CCN(CCSc4cc(F)c(F)c(F)c4)CC3)c2c1. The minimum absolute atomic E-state index is 0.0519. The van der Waals surface area contributed by atoms with Crippen LogP contribution in [0.5, 0.6) is 5.75 Å². The molecule has 12 heteroatoms. The predicted octanol–water partition coefficient (Wildman–Crippen LogP) is 6.24. The zero-order chi connectivity index (χ0) is 31.3. The summed E-state index contributed by atoms with van der Waals surface area (Å²) in [5, 5.41) is 10.9. The van der Waals surface area contributed by atoms with E-state index in [-0.39, 0.29) is 12.8 Å². The van der Waals surface area contributed by atoms with Gasteiger partial charge in [-0.25, -0.2) is 17.6 Å². The van der Waals surface area contributed by atoms with E-state index >= 15 is 4.39 Å². The van der Waals surface area contributed by atoms with Gasteiger partial charge in [0.25, 0.3) is 0 Å². The summed E-state index contributed by atoms with van der Waals surface area (Å²) in [4.78, 5) is 21.7. The van der Waals surface area contributed by atoms with Gasteiger partial charge in [0, 0.05) is 54.0 Å². The van der Waals surface area contributed by atoms with Crippen LogP contribution in [0.4, 0.5) is 17.6 Å². The molecule has 238 valence electrons. The second-order valence-corrected chi connectivity index (χ2v) is 12.6. The number of likely N-dealkylation sites (tertiary alicyclic amines) is 1. The first-order valence-corrected chi connectivity index (χ1v) is 15.8. The van der Waals surface area contributed by atoms with E-state index in [0.29, 0.717) is 85.1 Å². The number of aromatic nitrogens is 1. The zero-order valence-electron chi connectivity index (χ0n) is 24.7. The van der Waals surface area contributed by atoms with Crippen molar-refractivity contribution < 1.29 is 36.9 Å². The Morgan fingerprint density at radius 2 is 1.80 bits per heavy atom. The number of thioether (sulfide) groups is 1. The van der Waals surface area contributed by atoms with Gasteiger partial charge in [-0.1, -0.05) is 0 Å². The van der Waals surface area contributed by atoms with Gasteiger partial charge in [0.05, 0.1) is 31.3 Å². The number of halogens is 4. The smallest absolute Gasteiger partial charge is 0.309 e. The summed E-state index contributed by atoms with van der Waals surface area (Å²) in [5.41, 5.74) is 0.906. The van der Waals surface area contributed by atoms with Gasteiger partial charge >= 0.3 is 5.97 Å². The number of pyridine rings is 1. The van der Waals surface area contributed by atoms with Gasteiger partial charge in [-0.05, 0) is 74.7 Å². The molecule has 0 bridgehead atoms. The van der Waals surface area contributed by atoms with Crippen molar-refractivity contribution in [3.05, 3.63) is 65.1 Å². The number of hydrogen-bond donors (Lipinski definition) is 1. The maximum absolute atomic E-state index is 16.4. The molecule has 3 heterocycles. The predicted molar refractivity (Wildman–Crippen MR) is 160 cm³/mol. The van der Waals surface area contributed by atoms with E-state index < -0.39 is 35.0 Å². The maximum atomic E-state index is 16.4.